The highest BCUT2D eigenvalue weighted by Gasteiger charge is 2.34. The summed E-state index contributed by atoms with van der Waals surface area (Å²) in [6.07, 6.45) is -4.68. The highest BCUT2D eigenvalue weighted by atomic mass is 32.1. The van der Waals surface area contributed by atoms with Crippen molar-refractivity contribution >= 4 is 34.2 Å². The lowest BCUT2D eigenvalue weighted by molar-refractivity contribution is -0.138. The lowest BCUT2D eigenvalue weighted by atomic mass is 9.93. The summed E-state index contributed by atoms with van der Waals surface area (Å²) in [5.41, 5.74) is 0.665. The van der Waals surface area contributed by atoms with Gasteiger partial charge in [-0.05, 0) is 74.7 Å². The number of anilines is 2. The molecule has 0 bridgehead atoms. The fourth-order valence-corrected chi connectivity index (χ4v) is 4.76. The van der Waals surface area contributed by atoms with Crippen molar-refractivity contribution < 1.29 is 32.2 Å². The molecule has 0 unspecified atom stereocenters. The number of hydrogen-bond acceptors (Lipinski definition) is 6. The van der Waals surface area contributed by atoms with Crippen molar-refractivity contribution in [3.8, 4) is 16.9 Å². The Kier molecular flexibility index (Phi) is 9.20. The van der Waals surface area contributed by atoms with Crippen LogP contribution in [0.5, 0.6) is 5.75 Å². The SMILES string of the molecule is Cc1cc(-c2ccccc2)c(C(=O)Nc2ccc(OCCc3csc(NC(=O)OC(C)(C)C)n3)cc2)cc1C(F)(F)F. The first-order chi connectivity index (χ1) is 19.8. The molecular formula is C31H30F3N3O4S. The molecular weight excluding hydrogens is 567 g/mol. The number of aryl methyl sites for hydroxylation is 1. The molecule has 7 nitrogen and oxygen atoms in total. The van der Waals surface area contributed by atoms with Gasteiger partial charge in [0.25, 0.3) is 5.91 Å². The van der Waals surface area contributed by atoms with Crippen LogP contribution in [0.4, 0.5) is 28.8 Å². The van der Waals surface area contributed by atoms with E-state index in [1.54, 1.807) is 75.4 Å². The van der Waals surface area contributed by atoms with Crippen LogP contribution in [-0.2, 0) is 17.3 Å². The number of amides is 2. The van der Waals surface area contributed by atoms with Crippen LogP contribution in [-0.4, -0.2) is 29.2 Å². The van der Waals surface area contributed by atoms with Crippen LogP contribution in [0.2, 0.25) is 0 Å². The average Bonchev–Trinajstić information content (AvgIpc) is 3.35. The molecule has 42 heavy (non-hydrogen) atoms. The number of carbonyl (C=O) groups is 2. The van der Waals surface area contributed by atoms with Crippen molar-refractivity contribution in [3.05, 3.63) is 94.5 Å². The first-order valence-corrected chi connectivity index (χ1v) is 13.9. The van der Waals surface area contributed by atoms with Crippen LogP contribution in [0.25, 0.3) is 11.1 Å². The minimum atomic E-state index is -4.60. The number of nitrogens with zero attached hydrogens (tertiary/aromatic N) is 1. The highest BCUT2D eigenvalue weighted by Crippen LogP contribution is 2.36. The Morgan fingerprint density at radius 2 is 1.64 bits per heavy atom. The molecule has 1 heterocycles. The van der Waals surface area contributed by atoms with Gasteiger partial charge in [0.15, 0.2) is 5.13 Å². The Balaban J connectivity index is 1.38. The van der Waals surface area contributed by atoms with E-state index in [1.165, 1.54) is 24.3 Å². The van der Waals surface area contributed by atoms with Crippen molar-refractivity contribution in [1.82, 2.24) is 4.98 Å². The van der Waals surface area contributed by atoms with Gasteiger partial charge in [-0.3, -0.25) is 10.1 Å². The molecule has 0 fully saturated rings. The summed E-state index contributed by atoms with van der Waals surface area (Å²) >= 11 is 1.28. The standard InChI is InChI=1S/C31H30F3N3O4S/c1-19-16-24(20-8-6-5-7-9-20)25(17-26(19)31(32,33)34)27(38)35-21-10-12-23(13-11-21)40-15-14-22-18-42-28(36-22)37-29(39)41-30(2,3)4/h5-13,16-18H,14-15H2,1-4H3,(H,35,38)(H,36,37,39). The molecule has 0 aliphatic heterocycles. The molecule has 0 radical (unpaired) electrons. The van der Waals surface area contributed by atoms with Crippen LogP contribution >= 0.6 is 11.3 Å². The van der Waals surface area contributed by atoms with Gasteiger partial charge in [-0.2, -0.15) is 13.2 Å². The number of ether oxygens (including phenoxy) is 2. The molecule has 3 aromatic carbocycles. The summed E-state index contributed by atoms with van der Waals surface area (Å²) in [6, 6.07) is 17.6. The van der Waals surface area contributed by atoms with Gasteiger partial charge >= 0.3 is 12.3 Å². The smallest absolute Gasteiger partial charge is 0.416 e. The molecule has 0 saturated carbocycles. The third kappa shape index (κ3) is 8.32. The minimum absolute atomic E-state index is 0.0348. The number of hydrogen-bond donors (Lipinski definition) is 2. The van der Waals surface area contributed by atoms with Gasteiger partial charge in [0.1, 0.15) is 11.4 Å². The summed E-state index contributed by atoms with van der Waals surface area (Å²) < 4.78 is 51.9. The van der Waals surface area contributed by atoms with Gasteiger partial charge in [0.2, 0.25) is 0 Å². The van der Waals surface area contributed by atoms with Crippen molar-refractivity contribution in [3.63, 3.8) is 0 Å². The minimum Gasteiger partial charge on any atom is -0.493 e. The molecule has 0 aliphatic rings. The van der Waals surface area contributed by atoms with Crippen LogP contribution in [0, 0.1) is 6.92 Å². The largest absolute Gasteiger partial charge is 0.493 e. The number of nitrogens with one attached hydrogen (secondary N) is 2. The summed E-state index contributed by atoms with van der Waals surface area (Å²) in [5.74, 6) is -0.123. The topological polar surface area (TPSA) is 89.6 Å². The summed E-state index contributed by atoms with van der Waals surface area (Å²) in [7, 11) is 0. The predicted molar refractivity (Wildman–Crippen MR) is 157 cm³/mol. The normalized spacial score (nSPS) is 11.6. The maximum Gasteiger partial charge on any atom is 0.416 e. The molecule has 0 aliphatic carbocycles. The maximum absolute atomic E-state index is 13.6. The first kappa shape index (κ1) is 30.6. The summed E-state index contributed by atoms with van der Waals surface area (Å²) in [5, 5.41) is 7.53. The van der Waals surface area contributed by atoms with Gasteiger partial charge in [0, 0.05) is 23.1 Å². The van der Waals surface area contributed by atoms with Gasteiger partial charge < -0.3 is 14.8 Å². The van der Waals surface area contributed by atoms with Gasteiger partial charge in [0.05, 0.1) is 17.9 Å². The van der Waals surface area contributed by atoms with Crippen LogP contribution in [0.3, 0.4) is 0 Å². The lowest BCUT2D eigenvalue weighted by Gasteiger charge is -2.18. The number of benzene rings is 3. The van der Waals surface area contributed by atoms with Gasteiger partial charge in [-0.15, -0.1) is 11.3 Å². The van der Waals surface area contributed by atoms with E-state index in [0.29, 0.717) is 40.7 Å². The van der Waals surface area contributed by atoms with Crippen molar-refractivity contribution in [1.29, 1.82) is 0 Å². The molecule has 220 valence electrons. The maximum atomic E-state index is 13.6. The molecule has 0 spiro atoms. The molecule has 2 N–H and O–H groups in total. The molecule has 2 amide bonds. The zero-order valence-corrected chi connectivity index (χ0v) is 24.3. The van der Waals surface area contributed by atoms with Crippen LogP contribution in [0.1, 0.15) is 48.0 Å². The van der Waals surface area contributed by atoms with E-state index in [9.17, 15) is 22.8 Å². The van der Waals surface area contributed by atoms with E-state index in [2.05, 4.69) is 15.6 Å². The van der Waals surface area contributed by atoms with Gasteiger partial charge in [-0.1, -0.05) is 36.4 Å². The number of rotatable bonds is 8. The van der Waals surface area contributed by atoms with Crippen molar-refractivity contribution in [2.75, 3.05) is 17.2 Å². The molecule has 4 aromatic rings. The molecule has 4 rings (SSSR count). The predicted octanol–water partition coefficient (Wildman–Crippen LogP) is 8.36. The number of thiazole rings is 1. The zero-order chi connectivity index (χ0) is 30.5. The van der Waals surface area contributed by atoms with Crippen molar-refractivity contribution in [2.24, 2.45) is 0 Å². The van der Waals surface area contributed by atoms with E-state index < -0.39 is 29.3 Å². The zero-order valence-electron chi connectivity index (χ0n) is 23.5. The van der Waals surface area contributed by atoms with E-state index in [0.717, 1.165) is 11.8 Å². The number of carbonyl (C=O) groups excluding carboxylic acids is 2. The van der Waals surface area contributed by atoms with E-state index in [1.807, 2.05) is 5.38 Å². The van der Waals surface area contributed by atoms with E-state index >= 15 is 0 Å². The number of halogens is 3. The Labute approximate surface area is 245 Å². The first-order valence-electron chi connectivity index (χ1n) is 13.0. The quantitative estimate of drug-likeness (QED) is 0.213. The second-order valence-electron chi connectivity index (χ2n) is 10.4. The van der Waals surface area contributed by atoms with Crippen LogP contribution < -0.4 is 15.4 Å². The number of alkyl halides is 3. The van der Waals surface area contributed by atoms with Crippen LogP contribution in [0.15, 0.2) is 72.1 Å². The summed E-state index contributed by atoms with van der Waals surface area (Å²) in [4.78, 5) is 29.4. The second kappa shape index (κ2) is 12.6. The molecule has 0 atom stereocenters. The molecule has 11 heteroatoms. The fourth-order valence-electron chi connectivity index (χ4n) is 4.03. The summed E-state index contributed by atoms with van der Waals surface area (Å²) in [6.45, 7) is 7.01. The second-order valence-corrected chi connectivity index (χ2v) is 11.3. The van der Waals surface area contributed by atoms with Gasteiger partial charge in [-0.25, -0.2) is 9.78 Å². The Hall–Kier alpha value is -4.38. The average molecular weight is 598 g/mol. The van der Waals surface area contributed by atoms with E-state index in [4.69, 9.17) is 9.47 Å². The lowest BCUT2D eigenvalue weighted by Crippen LogP contribution is -2.27. The Morgan fingerprint density at radius 3 is 2.29 bits per heavy atom. The Morgan fingerprint density at radius 1 is 0.952 bits per heavy atom. The third-order valence-corrected chi connectivity index (χ3v) is 6.70. The third-order valence-electron chi connectivity index (χ3n) is 5.90. The molecule has 1 aromatic heterocycles. The molecule has 0 saturated heterocycles. The number of aromatic nitrogens is 1. The highest BCUT2D eigenvalue weighted by molar-refractivity contribution is 7.13. The van der Waals surface area contributed by atoms with Crippen molar-refractivity contribution in [2.45, 2.75) is 45.9 Å². The Bertz CT molecular complexity index is 1550. The monoisotopic (exact) mass is 597 g/mol. The van der Waals surface area contributed by atoms with E-state index in [-0.39, 0.29) is 11.1 Å². The fraction of sp³-hybridized carbons (Fsp3) is 0.258.